The monoisotopic (exact) mass is 335 g/mol. The molecule has 3 rings (SSSR count). The van der Waals surface area contributed by atoms with Gasteiger partial charge in [-0.25, -0.2) is 4.39 Å². The molecular weight excluding hydrogens is 317 g/mol. The number of nitrogens with zero attached hydrogens (tertiary/aromatic N) is 2. The van der Waals surface area contributed by atoms with E-state index in [2.05, 4.69) is 11.1 Å². The number of hydrogen-bond acceptors (Lipinski definition) is 2. The van der Waals surface area contributed by atoms with Gasteiger partial charge >= 0.3 is 0 Å². The number of aromatic nitrogens is 1. The van der Waals surface area contributed by atoms with Gasteiger partial charge in [-0.2, -0.15) is 5.26 Å². The number of nitriles is 1. The molecule has 3 aromatic rings. The molecule has 5 heteroatoms. The maximum absolute atomic E-state index is 13.5. The Balaban J connectivity index is 1.76. The topological polar surface area (TPSA) is 59.9 Å². The lowest BCUT2D eigenvalue weighted by molar-refractivity contribution is -0.129. The summed E-state index contributed by atoms with van der Waals surface area (Å²) < 4.78 is 13.5. The van der Waals surface area contributed by atoms with Crippen molar-refractivity contribution in [2.45, 2.75) is 19.9 Å². The number of H-pyrrole nitrogens is 1. The van der Waals surface area contributed by atoms with E-state index in [1.54, 1.807) is 30.1 Å². The van der Waals surface area contributed by atoms with Crippen LogP contribution in [-0.2, 0) is 17.8 Å². The van der Waals surface area contributed by atoms with Crippen LogP contribution in [0.15, 0.2) is 42.5 Å². The number of carbonyl (C=O) groups excluding carboxylic acids is 1. The zero-order valence-electron chi connectivity index (χ0n) is 14.1. The van der Waals surface area contributed by atoms with Gasteiger partial charge in [0.1, 0.15) is 5.82 Å². The Kier molecular flexibility index (Phi) is 4.53. The van der Waals surface area contributed by atoms with E-state index in [4.69, 9.17) is 5.26 Å². The first-order chi connectivity index (χ1) is 12.0. The molecule has 0 unspecified atom stereocenters. The zero-order chi connectivity index (χ0) is 18.0. The molecule has 0 aliphatic heterocycles. The van der Waals surface area contributed by atoms with E-state index in [0.717, 1.165) is 27.7 Å². The summed E-state index contributed by atoms with van der Waals surface area (Å²) >= 11 is 0. The van der Waals surface area contributed by atoms with Crippen molar-refractivity contribution in [2.24, 2.45) is 0 Å². The van der Waals surface area contributed by atoms with Gasteiger partial charge in [0, 0.05) is 30.2 Å². The van der Waals surface area contributed by atoms with Crippen LogP contribution >= 0.6 is 0 Å². The lowest BCUT2D eigenvalue weighted by Crippen LogP contribution is -2.27. The van der Waals surface area contributed by atoms with Crippen molar-refractivity contribution < 1.29 is 9.18 Å². The van der Waals surface area contributed by atoms with Crippen molar-refractivity contribution in [1.82, 2.24) is 9.88 Å². The van der Waals surface area contributed by atoms with Crippen molar-refractivity contribution in [3.05, 3.63) is 70.7 Å². The van der Waals surface area contributed by atoms with Crippen LogP contribution in [0.2, 0.25) is 0 Å². The summed E-state index contributed by atoms with van der Waals surface area (Å²) in [6, 6.07) is 13.8. The molecule has 0 radical (unpaired) electrons. The zero-order valence-corrected chi connectivity index (χ0v) is 14.1. The predicted molar refractivity (Wildman–Crippen MR) is 94.3 cm³/mol. The molecule has 2 aromatic carbocycles. The van der Waals surface area contributed by atoms with Crippen LogP contribution in [0.5, 0.6) is 0 Å². The molecule has 126 valence electrons. The molecule has 0 aliphatic rings. The van der Waals surface area contributed by atoms with Crippen LogP contribution in [-0.4, -0.2) is 22.8 Å². The first kappa shape index (κ1) is 16.7. The number of benzene rings is 2. The number of amides is 1. The summed E-state index contributed by atoms with van der Waals surface area (Å²) in [5.74, 6) is -0.358. The smallest absolute Gasteiger partial charge is 0.227 e. The summed E-state index contributed by atoms with van der Waals surface area (Å²) in [7, 11) is 1.74. The minimum atomic E-state index is -0.314. The Morgan fingerprint density at radius 1 is 1.24 bits per heavy atom. The quantitative estimate of drug-likeness (QED) is 0.790. The minimum absolute atomic E-state index is 0.0439. The highest BCUT2D eigenvalue weighted by atomic mass is 19.1. The first-order valence-corrected chi connectivity index (χ1v) is 7.97. The van der Waals surface area contributed by atoms with E-state index in [1.165, 1.54) is 12.1 Å². The van der Waals surface area contributed by atoms with E-state index >= 15 is 0 Å². The fourth-order valence-electron chi connectivity index (χ4n) is 2.92. The van der Waals surface area contributed by atoms with Gasteiger partial charge in [0.25, 0.3) is 0 Å². The normalized spacial score (nSPS) is 10.6. The molecule has 0 atom stereocenters. The molecule has 1 amide bonds. The SMILES string of the molecule is Cc1[nH]c2ccc(F)cc2c1CC(=O)N(C)Cc1ccc(C#N)cc1. The molecule has 0 fully saturated rings. The highest BCUT2D eigenvalue weighted by Gasteiger charge is 2.16. The van der Waals surface area contributed by atoms with Crippen molar-refractivity contribution in [1.29, 1.82) is 5.26 Å². The van der Waals surface area contributed by atoms with E-state index in [0.29, 0.717) is 12.1 Å². The van der Waals surface area contributed by atoms with E-state index in [1.807, 2.05) is 19.1 Å². The third-order valence-electron chi connectivity index (χ3n) is 4.34. The van der Waals surface area contributed by atoms with Crippen LogP contribution < -0.4 is 0 Å². The van der Waals surface area contributed by atoms with Gasteiger partial charge in [-0.3, -0.25) is 4.79 Å². The van der Waals surface area contributed by atoms with E-state index in [9.17, 15) is 9.18 Å². The number of carbonyl (C=O) groups is 1. The summed E-state index contributed by atoms with van der Waals surface area (Å²) in [4.78, 5) is 17.4. The molecule has 0 saturated carbocycles. The second-order valence-corrected chi connectivity index (χ2v) is 6.15. The fourth-order valence-corrected chi connectivity index (χ4v) is 2.92. The van der Waals surface area contributed by atoms with E-state index < -0.39 is 0 Å². The van der Waals surface area contributed by atoms with Crippen molar-refractivity contribution in [2.75, 3.05) is 7.05 Å². The van der Waals surface area contributed by atoms with Gasteiger partial charge < -0.3 is 9.88 Å². The molecule has 1 aromatic heterocycles. The number of likely N-dealkylation sites (N-methyl/N-ethyl adjacent to an activating group) is 1. The molecule has 0 bridgehead atoms. The Morgan fingerprint density at radius 2 is 1.96 bits per heavy atom. The van der Waals surface area contributed by atoms with Crippen molar-refractivity contribution in [3.8, 4) is 6.07 Å². The third kappa shape index (κ3) is 3.53. The average Bonchev–Trinajstić information content (AvgIpc) is 2.90. The number of aryl methyl sites for hydroxylation is 1. The molecule has 1 N–H and O–H groups in total. The molecule has 4 nitrogen and oxygen atoms in total. The van der Waals surface area contributed by atoms with Gasteiger partial charge in [0.05, 0.1) is 18.1 Å². The van der Waals surface area contributed by atoms with Gasteiger partial charge in [0.15, 0.2) is 0 Å². The number of aromatic amines is 1. The minimum Gasteiger partial charge on any atom is -0.358 e. The van der Waals surface area contributed by atoms with Crippen LogP contribution in [0.25, 0.3) is 10.9 Å². The van der Waals surface area contributed by atoms with E-state index in [-0.39, 0.29) is 18.1 Å². The van der Waals surface area contributed by atoms with Gasteiger partial charge in [-0.1, -0.05) is 12.1 Å². The Morgan fingerprint density at radius 3 is 2.64 bits per heavy atom. The standard InChI is InChI=1S/C20H18FN3O/c1-13-17(18-9-16(21)7-8-19(18)23-13)10-20(25)24(2)12-15-5-3-14(11-22)4-6-15/h3-9,23H,10,12H2,1-2H3. The number of fused-ring (bicyclic) bond motifs is 1. The second-order valence-electron chi connectivity index (χ2n) is 6.15. The summed E-state index contributed by atoms with van der Waals surface area (Å²) in [5, 5.41) is 9.58. The van der Waals surface area contributed by atoms with Crippen molar-refractivity contribution >= 4 is 16.8 Å². The molecule has 0 spiro atoms. The van der Waals surface area contributed by atoms with Gasteiger partial charge in [-0.15, -0.1) is 0 Å². The number of halogens is 1. The summed E-state index contributed by atoms with van der Waals surface area (Å²) in [6.45, 7) is 2.35. The predicted octanol–water partition coefficient (Wildman–Crippen LogP) is 3.69. The highest BCUT2D eigenvalue weighted by Crippen LogP contribution is 2.24. The number of nitrogens with one attached hydrogen (secondary N) is 1. The van der Waals surface area contributed by atoms with Crippen LogP contribution in [0.1, 0.15) is 22.4 Å². The maximum Gasteiger partial charge on any atom is 0.227 e. The number of rotatable bonds is 4. The Labute approximate surface area is 145 Å². The van der Waals surface area contributed by atoms with Gasteiger partial charge in [0.2, 0.25) is 5.91 Å². The molecule has 1 heterocycles. The number of hydrogen-bond donors (Lipinski definition) is 1. The van der Waals surface area contributed by atoms with Crippen LogP contribution in [0.4, 0.5) is 4.39 Å². The maximum atomic E-state index is 13.5. The van der Waals surface area contributed by atoms with Gasteiger partial charge in [-0.05, 0) is 48.4 Å². The lowest BCUT2D eigenvalue weighted by Gasteiger charge is -2.17. The largest absolute Gasteiger partial charge is 0.358 e. The molecule has 0 saturated heterocycles. The van der Waals surface area contributed by atoms with Crippen LogP contribution in [0.3, 0.4) is 0 Å². The Hall–Kier alpha value is -3.13. The summed E-state index contributed by atoms with van der Waals surface area (Å²) in [5.41, 5.74) is 4.08. The van der Waals surface area contributed by atoms with Crippen molar-refractivity contribution in [3.63, 3.8) is 0 Å². The third-order valence-corrected chi connectivity index (χ3v) is 4.34. The Bertz CT molecular complexity index is 967. The van der Waals surface area contributed by atoms with Crippen LogP contribution in [0, 0.1) is 24.1 Å². The summed E-state index contributed by atoms with van der Waals surface area (Å²) in [6.07, 6.45) is 0.210. The molecular formula is C20H18FN3O. The molecule has 0 aliphatic carbocycles. The first-order valence-electron chi connectivity index (χ1n) is 7.97. The second kappa shape index (κ2) is 6.78. The molecule has 25 heavy (non-hydrogen) atoms. The lowest BCUT2D eigenvalue weighted by atomic mass is 10.1. The average molecular weight is 335 g/mol. The fraction of sp³-hybridized carbons (Fsp3) is 0.200. The highest BCUT2D eigenvalue weighted by molar-refractivity contribution is 5.90.